The van der Waals surface area contributed by atoms with Crippen LogP contribution in [0.2, 0.25) is 0 Å². The molecule has 0 heterocycles. The maximum Gasteiger partial charge on any atom is 0.321 e. The zero-order valence-corrected chi connectivity index (χ0v) is 14.4. The number of hydrogen-bond acceptors (Lipinski definition) is 2. The molecule has 2 aromatic rings. The van der Waals surface area contributed by atoms with Crippen molar-refractivity contribution in [3.8, 4) is 0 Å². The van der Waals surface area contributed by atoms with Gasteiger partial charge in [-0.1, -0.05) is 58.4 Å². The third-order valence-corrected chi connectivity index (χ3v) is 5.03. The monoisotopic (exact) mass is 373 g/mol. The van der Waals surface area contributed by atoms with Gasteiger partial charge in [-0.2, -0.15) is 0 Å². The molecule has 2 N–H and O–H groups in total. The van der Waals surface area contributed by atoms with Gasteiger partial charge in [0.25, 0.3) is 0 Å². The van der Waals surface area contributed by atoms with E-state index >= 15 is 0 Å². The lowest BCUT2D eigenvalue weighted by Gasteiger charge is -2.38. The number of aliphatic carboxylic acids is 1. The van der Waals surface area contributed by atoms with Gasteiger partial charge in [-0.3, -0.25) is 4.79 Å². The molecule has 0 unspecified atom stereocenters. The number of halogens is 1. The van der Waals surface area contributed by atoms with E-state index in [1.54, 1.807) is 0 Å². The van der Waals surface area contributed by atoms with Crippen LogP contribution in [0.4, 0.5) is 0 Å². The first-order chi connectivity index (χ1) is 11.1. The molecule has 3 nitrogen and oxygen atoms in total. The summed E-state index contributed by atoms with van der Waals surface area (Å²) in [4.78, 5) is 11.5. The molecule has 4 heteroatoms. The van der Waals surface area contributed by atoms with Gasteiger partial charge in [-0.15, -0.1) is 0 Å². The number of rotatable bonds is 6. The number of hydrogen-bond donors (Lipinski definition) is 2. The second-order valence-electron chi connectivity index (χ2n) is 6.16. The summed E-state index contributed by atoms with van der Waals surface area (Å²) in [6.45, 7) is 0. The topological polar surface area (TPSA) is 49.3 Å². The van der Waals surface area contributed by atoms with Crippen LogP contribution in [0.5, 0.6) is 0 Å². The second kappa shape index (κ2) is 7.28. The Morgan fingerprint density at radius 1 is 1.13 bits per heavy atom. The highest BCUT2D eigenvalue weighted by molar-refractivity contribution is 9.10. The highest BCUT2D eigenvalue weighted by Crippen LogP contribution is 2.37. The minimum absolute atomic E-state index is 0.286. The largest absolute Gasteiger partial charge is 0.480 e. The predicted molar refractivity (Wildman–Crippen MR) is 94.6 cm³/mol. The van der Waals surface area contributed by atoms with E-state index in [1.807, 2.05) is 30.3 Å². The molecule has 23 heavy (non-hydrogen) atoms. The molecule has 3 rings (SSSR count). The molecular formula is C19H20BrNO2. The summed E-state index contributed by atoms with van der Waals surface area (Å²) in [5.41, 5.74) is 2.39. The first-order valence-electron chi connectivity index (χ1n) is 7.90. The van der Waals surface area contributed by atoms with Gasteiger partial charge >= 0.3 is 5.97 Å². The Morgan fingerprint density at radius 2 is 1.78 bits per heavy atom. The Hall–Kier alpha value is -1.65. The van der Waals surface area contributed by atoms with Gasteiger partial charge in [0.2, 0.25) is 0 Å². The van der Waals surface area contributed by atoms with Crippen molar-refractivity contribution in [3.05, 3.63) is 70.2 Å². The van der Waals surface area contributed by atoms with E-state index in [4.69, 9.17) is 0 Å². The Kier molecular flexibility index (Phi) is 5.13. The molecule has 0 aromatic heterocycles. The van der Waals surface area contributed by atoms with Gasteiger partial charge < -0.3 is 10.4 Å². The summed E-state index contributed by atoms with van der Waals surface area (Å²) in [6.07, 6.45) is 2.52. The Morgan fingerprint density at radius 3 is 2.39 bits per heavy atom. The first kappa shape index (κ1) is 16.2. The van der Waals surface area contributed by atoms with Crippen LogP contribution in [0.15, 0.2) is 59.1 Å². The van der Waals surface area contributed by atoms with Crippen molar-refractivity contribution < 1.29 is 9.90 Å². The van der Waals surface area contributed by atoms with Gasteiger partial charge in [-0.25, -0.2) is 0 Å². The lowest BCUT2D eigenvalue weighted by Crippen LogP contribution is -2.49. The summed E-state index contributed by atoms with van der Waals surface area (Å²) in [6, 6.07) is 18.0. The summed E-state index contributed by atoms with van der Waals surface area (Å²) in [7, 11) is 0. The second-order valence-corrected chi connectivity index (χ2v) is 7.08. The van der Waals surface area contributed by atoms with Gasteiger partial charge in [0.15, 0.2) is 0 Å². The summed E-state index contributed by atoms with van der Waals surface area (Å²) >= 11 is 3.45. The fourth-order valence-corrected chi connectivity index (χ4v) is 3.38. The standard InChI is InChI=1S/C19H20BrNO2/c20-16-8-6-14(7-9-16)15-11-17(12-15)21-18(19(22)23)10-13-4-2-1-3-5-13/h1-9,15,17-18,21H,10-12H2,(H,22,23)/t15?,17?,18-/m1/s1. The maximum atomic E-state index is 11.5. The van der Waals surface area contributed by atoms with Gasteiger partial charge in [-0.05, 0) is 48.4 Å². The van der Waals surface area contributed by atoms with E-state index in [0.29, 0.717) is 12.3 Å². The van der Waals surface area contributed by atoms with Crippen LogP contribution in [0, 0.1) is 0 Å². The van der Waals surface area contributed by atoms with E-state index < -0.39 is 12.0 Å². The molecule has 1 aliphatic carbocycles. The number of nitrogens with one attached hydrogen (secondary N) is 1. The Balaban J connectivity index is 1.54. The smallest absolute Gasteiger partial charge is 0.321 e. The van der Waals surface area contributed by atoms with Crippen LogP contribution in [-0.4, -0.2) is 23.2 Å². The number of carboxylic acid groups (broad SMARTS) is 1. The molecule has 0 amide bonds. The van der Waals surface area contributed by atoms with E-state index in [9.17, 15) is 9.90 Å². The van der Waals surface area contributed by atoms with E-state index in [-0.39, 0.29) is 6.04 Å². The molecule has 120 valence electrons. The van der Waals surface area contributed by atoms with Crippen molar-refractivity contribution in [2.75, 3.05) is 0 Å². The van der Waals surface area contributed by atoms with Crippen LogP contribution in [0.25, 0.3) is 0 Å². The lowest BCUT2D eigenvalue weighted by molar-refractivity contribution is -0.139. The minimum atomic E-state index is -0.777. The summed E-state index contributed by atoms with van der Waals surface area (Å²) in [5.74, 6) is -0.243. The molecule has 1 fully saturated rings. The van der Waals surface area contributed by atoms with Crippen LogP contribution >= 0.6 is 15.9 Å². The van der Waals surface area contributed by atoms with Crippen molar-refractivity contribution in [1.29, 1.82) is 0 Å². The van der Waals surface area contributed by atoms with Crippen molar-refractivity contribution in [2.24, 2.45) is 0 Å². The molecule has 1 saturated carbocycles. The van der Waals surface area contributed by atoms with Crippen LogP contribution < -0.4 is 5.32 Å². The van der Waals surface area contributed by atoms with Gasteiger partial charge in [0, 0.05) is 10.5 Å². The molecule has 0 aliphatic heterocycles. The molecule has 1 aliphatic rings. The van der Waals surface area contributed by atoms with Crippen LogP contribution in [0.1, 0.15) is 29.9 Å². The van der Waals surface area contributed by atoms with Crippen molar-refractivity contribution in [3.63, 3.8) is 0 Å². The zero-order chi connectivity index (χ0) is 16.2. The predicted octanol–water partition coefficient (Wildman–Crippen LogP) is 3.98. The summed E-state index contributed by atoms with van der Waals surface area (Å²) in [5, 5.41) is 12.8. The molecule has 0 spiro atoms. The molecule has 0 saturated heterocycles. The molecule has 0 bridgehead atoms. The van der Waals surface area contributed by atoms with E-state index in [1.165, 1.54) is 5.56 Å². The van der Waals surface area contributed by atoms with Crippen molar-refractivity contribution in [2.45, 2.75) is 37.3 Å². The van der Waals surface area contributed by atoms with Gasteiger partial charge in [0.05, 0.1) is 0 Å². The fraction of sp³-hybridized carbons (Fsp3) is 0.316. The highest BCUT2D eigenvalue weighted by atomic mass is 79.9. The minimum Gasteiger partial charge on any atom is -0.480 e. The van der Waals surface area contributed by atoms with E-state index in [0.717, 1.165) is 22.9 Å². The Labute approximate surface area is 144 Å². The average molecular weight is 374 g/mol. The quantitative estimate of drug-likeness (QED) is 0.804. The van der Waals surface area contributed by atoms with Crippen molar-refractivity contribution >= 4 is 21.9 Å². The molecular weight excluding hydrogens is 354 g/mol. The first-order valence-corrected chi connectivity index (χ1v) is 8.69. The average Bonchev–Trinajstić information content (AvgIpc) is 2.51. The SMILES string of the molecule is O=C(O)[C@@H](Cc1ccccc1)NC1CC(c2ccc(Br)cc2)C1. The highest BCUT2D eigenvalue weighted by Gasteiger charge is 2.33. The third-order valence-electron chi connectivity index (χ3n) is 4.50. The molecule has 1 atom stereocenters. The lowest BCUT2D eigenvalue weighted by atomic mass is 9.75. The number of carbonyl (C=O) groups is 1. The maximum absolute atomic E-state index is 11.5. The Bertz CT molecular complexity index is 651. The van der Waals surface area contributed by atoms with Crippen LogP contribution in [0.3, 0.4) is 0 Å². The third kappa shape index (κ3) is 4.21. The number of carboxylic acids is 1. The fourth-order valence-electron chi connectivity index (χ4n) is 3.11. The van der Waals surface area contributed by atoms with E-state index in [2.05, 4.69) is 45.5 Å². The summed E-state index contributed by atoms with van der Waals surface area (Å²) < 4.78 is 1.09. The number of benzene rings is 2. The van der Waals surface area contributed by atoms with Crippen molar-refractivity contribution in [1.82, 2.24) is 5.32 Å². The van der Waals surface area contributed by atoms with Gasteiger partial charge in [0.1, 0.15) is 6.04 Å². The normalized spacial score (nSPS) is 21.4. The van der Waals surface area contributed by atoms with Crippen LogP contribution in [-0.2, 0) is 11.2 Å². The molecule has 0 radical (unpaired) electrons. The zero-order valence-electron chi connectivity index (χ0n) is 12.8. The molecule has 2 aromatic carbocycles.